The largest absolute Gasteiger partial charge is 0.480 e. The zero-order chi connectivity index (χ0) is 17.4. The summed E-state index contributed by atoms with van der Waals surface area (Å²) in [6, 6.07) is 18.9. The summed E-state index contributed by atoms with van der Waals surface area (Å²) in [5.74, 6) is 0.236. The van der Waals surface area contributed by atoms with E-state index >= 15 is 0 Å². The first-order chi connectivity index (χ1) is 11.7. The van der Waals surface area contributed by atoms with Crippen molar-refractivity contribution in [2.75, 3.05) is 0 Å². The third kappa shape index (κ3) is 4.60. The molecule has 2 atom stereocenters. The van der Waals surface area contributed by atoms with Crippen molar-refractivity contribution >= 4 is 5.91 Å². The molecular formula is C20H22N2O2. The molecule has 0 saturated carbocycles. The van der Waals surface area contributed by atoms with E-state index in [0.717, 1.165) is 18.4 Å². The molecule has 0 heterocycles. The summed E-state index contributed by atoms with van der Waals surface area (Å²) in [6.07, 6.45) is 1.14. The normalized spacial score (nSPS) is 12.7. The second-order valence-corrected chi connectivity index (χ2v) is 5.63. The first kappa shape index (κ1) is 17.6. The molecule has 0 aliphatic rings. The van der Waals surface area contributed by atoms with Crippen LogP contribution in [0.15, 0.2) is 54.6 Å². The molecule has 0 fully saturated rings. The molecule has 0 spiro atoms. The van der Waals surface area contributed by atoms with Crippen molar-refractivity contribution < 1.29 is 9.53 Å². The molecule has 0 aliphatic heterocycles. The number of amides is 1. The van der Waals surface area contributed by atoms with Gasteiger partial charge in [-0.05, 0) is 31.0 Å². The van der Waals surface area contributed by atoms with Crippen LogP contribution in [0.4, 0.5) is 0 Å². The Morgan fingerprint density at radius 1 is 1.17 bits per heavy atom. The lowest BCUT2D eigenvalue weighted by Crippen LogP contribution is -2.38. The molecule has 4 nitrogen and oxygen atoms in total. The topological polar surface area (TPSA) is 62.1 Å². The van der Waals surface area contributed by atoms with E-state index in [1.165, 1.54) is 0 Å². The van der Waals surface area contributed by atoms with Crippen molar-refractivity contribution in [1.29, 1.82) is 5.26 Å². The van der Waals surface area contributed by atoms with E-state index in [1.54, 1.807) is 31.2 Å². The average molecular weight is 322 g/mol. The van der Waals surface area contributed by atoms with Crippen molar-refractivity contribution in [3.8, 4) is 11.8 Å². The second kappa shape index (κ2) is 8.73. The third-order valence-electron chi connectivity index (χ3n) is 3.78. The van der Waals surface area contributed by atoms with Gasteiger partial charge in [0.25, 0.3) is 5.91 Å². The molecule has 24 heavy (non-hydrogen) atoms. The van der Waals surface area contributed by atoms with E-state index in [9.17, 15) is 4.79 Å². The van der Waals surface area contributed by atoms with Gasteiger partial charge in [0.15, 0.2) is 6.10 Å². The van der Waals surface area contributed by atoms with Crippen LogP contribution in [0.25, 0.3) is 0 Å². The predicted molar refractivity (Wildman–Crippen MR) is 93.5 cm³/mol. The molecule has 2 aromatic carbocycles. The first-order valence-corrected chi connectivity index (χ1v) is 8.16. The summed E-state index contributed by atoms with van der Waals surface area (Å²) in [6.45, 7) is 3.78. The Bertz CT molecular complexity index is 707. The molecule has 0 bridgehead atoms. The highest BCUT2D eigenvalue weighted by Crippen LogP contribution is 2.20. The number of carbonyl (C=O) groups is 1. The van der Waals surface area contributed by atoms with E-state index in [4.69, 9.17) is 10.00 Å². The van der Waals surface area contributed by atoms with Crippen LogP contribution in [-0.4, -0.2) is 12.0 Å². The third-order valence-corrected chi connectivity index (χ3v) is 3.78. The lowest BCUT2D eigenvalue weighted by molar-refractivity contribution is -0.128. The van der Waals surface area contributed by atoms with Gasteiger partial charge >= 0.3 is 0 Å². The monoisotopic (exact) mass is 322 g/mol. The minimum absolute atomic E-state index is 0.0408. The number of nitrogens with one attached hydrogen (secondary N) is 1. The Balaban J connectivity index is 2.05. The van der Waals surface area contributed by atoms with Crippen LogP contribution in [0.3, 0.4) is 0 Å². The van der Waals surface area contributed by atoms with Crippen molar-refractivity contribution in [1.82, 2.24) is 5.32 Å². The number of hydrogen-bond donors (Lipinski definition) is 1. The maximum absolute atomic E-state index is 12.5. The lowest BCUT2D eigenvalue weighted by Gasteiger charge is -2.22. The number of benzene rings is 2. The highest BCUT2D eigenvalue weighted by atomic mass is 16.5. The van der Waals surface area contributed by atoms with Gasteiger partial charge in [-0.1, -0.05) is 55.8 Å². The lowest BCUT2D eigenvalue weighted by atomic mass is 10.0. The maximum atomic E-state index is 12.5. The Kier molecular flexibility index (Phi) is 6.39. The summed E-state index contributed by atoms with van der Waals surface area (Å²) in [5.41, 5.74) is 1.50. The smallest absolute Gasteiger partial charge is 0.261 e. The number of hydrogen-bond acceptors (Lipinski definition) is 3. The zero-order valence-electron chi connectivity index (χ0n) is 14.0. The van der Waals surface area contributed by atoms with E-state index in [1.807, 2.05) is 30.3 Å². The molecule has 0 saturated heterocycles. The first-order valence-electron chi connectivity index (χ1n) is 8.16. The van der Waals surface area contributed by atoms with Crippen molar-refractivity contribution in [2.45, 2.75) is 38.8 Å². The fourth-order valence-corrected chi connectivity index (χ4v) is 2.49. The second-order valence-electron chi connectivity index (χ2n) is 5.63. The van der Waals surface area contributed by atoms with E-state index in [2.05, 4.69) is 18.3 Å². The van der Waals surface area contributed by atoms with Gasteiger partial charge in [0.1, 0.15) is 11.8 Å². The quantitative estimate of drug-likeness (QED) is 0.838. The van der Waals surface area contributed by atoms with Crippen LogP contribution in [-0.2, 0) is 4.79 Å². The summed E-state index contributed by atoms with van der Waals surface area (Å²) in [7, 11) is 0. The number of para-hydroxylation sites is 1. The molecule has 1 amide bonds. The standard InChI is InChI=1S/C20H22N2O2/c1-3-9-18(16-10-5-4-6-11-16)22-20(23)15(2)24-19-13-8-7-12-17(19)14-21/h4-8,10-13,15,18H,3,9H2,1-2H3,(H,22,23)/t15-,18-/m1/s1. The number of rotatable bonds is 7. The maximum Gasteiger partial charge on any atom is 0.261 e. The van der Waals surface area contributed by atoms with Crippen LogP contribution in [0.2, 0.25) is 0 Å². The van der Waals surface area contributed by atoms with Crippen LogP contribution >= 0.6 is 0 Å². The van der Waals surface area contributed by atoms with Crippen molar-refractivity contribution in [3.63, 3.8) is 0 Å². The molecule has 124 valence electrons. The van der Waals surface area contributed by atoms with E-state index in [0.29, 0.717) is 11.3 Å². The van der Waals surface area contributed by atoms with Gasteiger partial charge in [0, 0.05) is 0 Å². The fourth-order valence-electron chi connectivity index (χ4n) is 2.49. The molecule has 0 radical (unpaired) electrons. The van der Waals surface area contributed by atoms with Gasteiger partial charge in [-0.3, -0.25) is 4.79 Å². The van der Waals surface area contributed by atoms with E-state index in [-0.39, 0.29) is 11.9 Å². The molecule has 0 unspecified atom stereocenters. The number of carbonyl (C=O) groups excluding carboxylic acids is 1. The predicted octanol–water partition coefficient (Wildman–Crippen LogP) is 3.98. The van der Waals surface area contributed by atoms with Gasteiger partial charge in [-0.2, -0.15) is 5.26 Å². The van der Waals surface area contributed by atoms with Crippen molar-refractivity contribution in [3.05, 3.63) is 65.7 Å². The summed E-state index contributed by atoms with van der Waals surface area (Å²) in [4.78, 5) is 12.5. The van der Waals surface area contributed by atoms with Crippen molar-refractivity contribution in [2.24, 2.45) is 0 Å². The molecule has 0 aliphatic carbocycles. The van der Waals surface area contributed by atoms with Gasteiger partial charge in [0.05, 0.1) is 11.6 Å². The van der Waals surface area contributed by atoms with Gasteiger partial charge in [-0.15, -0.1) is 0 Å². The fraction of sp³-hybridized carbons (Fsp3) is 0.300. The molecule has 4 heteroatoms. The van der Waals surface area contributed by atoms with Gasteiger partial charge in [0.2, 0.25) is 0 Å². The van der Waals surface area contributed by atoms with Crippen LogP contribution in [0.1, 0.15) is 43.9 Å². The molecule has 0 aromatic heterocycles. The SMILES string of the molecule is CCC[C@@H](NC(=O)[C@@H](C)Oc1ccccc1C#N)c1ccccc1. The highest BCUT2D eigenvalue weighted by Gasteiger charge is 2.20. The average Bonchev–Trinajstić information content (AvgIpc) is 2.62. The molecular weight excluding hydrogens is 300 g/mol. The molecule has 1 N–H and O–H groups in total. The zero-order valence-corrected chi connectivity index (χ0v) is 14.0. The molecule has 2 rings (SSSR count). The Labute approximate surface area is 143 Å². The number of nitriles is 1. The Hall–Kier alpha value is -2.80. The minimum atomic E-state index is -0.678. The number of ether oxygens (including phenoxy) is 1. The van der Waals surface area contributed by atoms with Crippen LogP contribution < -0.4 is 10.1 Å². The van der Waals surface area contributed by atoms with Gasteiger partial charge in [-0.25, -0.2) is 0 Å². The highest BCUT2D eigenvalue weighted by molar-refractivity contribution is 5.81. The summed E-state index contributed by atoms with van der Waals surface area (Å²) >= 11 is 0. The number of nitrogens with zero attached hydrogens (tertiary/aromatic N) is 1. The summed E-state index contributed by atoms with van der Waals surface area (Å²) < 4.78 is 5.68. The Morgan fingerprint density at radius 3 is 2.50 bits per heavy atom. The van der Waals surface area contributed by atoms with E-state index < -0.39 is 6.10 Å². The van der Waals surface area contributed by atoms with Crippen LogP contribution in [0.5, 0.6) is 5.75 Å². The molecule has 2 aromatic rings. The summed E-state index contributed by atoms with van der Waals surface area (Å²) in [5, 5.41) is 12.1. The van der Waals surface area contributed by atoms with Crippen LogP contribution in [0, 0.1) is 11.3 Å². The minimum Gasteiger partial charge on any atom is -0.480 e. The Morgan fingerprint density at radius 2 is 1.83 bits per heavy atom. The van der Waals surface area contributed by atoms with Gasteiger partial charge < -0.3 is 10.1 Å².